The van der Waals surface area contributed by atoms with Crippen LogP contribution in [0, 0.1) is 22.3 Å². The Bertz CT molecular complexity index is 1590. The third kappa shape index (κ3) is 8.76. The lowest BCUT2D eigenvalue weighted by Gasteiger charge is -2.20. The smallest absolute Gasteiger partial charge is 0.177 e. The molecule has 2 heterocycles. The molecule has 0 amide bonds. The van der Waals surface area contributed by atoms with E-state index < -0.39 is 0 Å². The molecule has 216 valence electrons. The fourth-order valence-corrected chi connectivity index (χ4v) is 5.34. The van der Waals surface area contributed by atoms with Crippen LogP contribution in [0.5, 0.6) is 0 Å². The summed E-state index contributed by atoms with van der Waals surface area (Å²) in [5.74, 6) is -0.352. The van der Waals surface area contributed by atoms with E-state index in [2.05, 4.69) is 26.0 Å². The summed E-state index contributed by atoms with van der Waals surface area (Å²) < 4.78 is 27.8. The lowest BCUT2D eigenvalue weighted by molar-refractivity contribution is 0.621. The topological polar surface area (TPSA) is 99.7 Å². The van der Waals surface area contributed by atoms with Crippen LogP contribution in [0.25, 0.3) is 22.3 Å². The van der Waals surface area contributed by atoms with Crippen LogP contribution in [0.3, 0.4) is 0 Å². The zero-order chi connectivity index (χ0) is 30.8. The maximum absolute atomic E-state index is 14.1. The number of rotatable bonds is 6. The van der Waals surface area contributed by atoms with Crippen LogP contribution in [0.2, 0.25) is 0 Å². The van der Waals surface area contributed by atoms with Crippen molar-refractivity contribution in [1.82, 2.24) is 15.3 Å². The molecule has 0 saturated heterocycles. The van der Waals surface area contributed by atoms with Crippen LogP contribution in [-0.4, -0.2) is 20.2 Å². The van der Waals surface area contributed by atoms with Crippen LogP contribution in [0.4, 0.5) is 14.5 Å². The Balaban J connectivity index is 0.000000235. The predicted molar refractivity (Wildman–Crippen MR) is 175 cm³/mol. The van der Waals surface area contributed by atoms with Crippen molar-refractivity contribution >= 4 is 52.1 Å². The number of thiocyanates is 1. The minimum atomic E-state index is -0.314. The summed E-state index contributed by atoms with van der Waals surface area (Å²) >= 11 is 11.1. The van der Waals surface area contributed by atoms with Gasteiger partial charge in [0.25, 0.3) is 0 Å². The Hall–Kier alpha value is -3.98. The molecule has 0 spiro atoms. The van der Waals surface area contributed by atoms with Crippen LogP contribution >= 0.6 is 36.2 Å². The van der Waals surface area contributed by atoms with E-state index in [1.165, 1.54) is 24.3 Å². The van der Waals surface area contributed by atoms with Gasteiger partial charge in [-0.3, -0.25) is 9.97 Å². The molecule has 4 rings (SSSR count). The van der Waals surface area contributed by atoms with E-state index in [4.69, 9.17) is 35.4 Å². The van der Waals surface area contributed by atoms with E-state index in [1.807, 2.05) is 39.8 Å². The first-order valence-corrected chi connectivity index (χ1v) is 14.6. The Labute approximate surface area is 259 Å². The number of hydrogen-bond donors (Lipinski definition) is 3. The zero-order valence-corrected chi connectivity index (χ0v) is 25.9. The third-order valence-electron chi connectivity index (χ3n) is 6.03. The second kappa shape index (κ2) is 15.3. The summed E-state index contributed by atoms with van der Waals surface area (Å²) in [6.07, 6.45) is 6.69. The number of benzene rings is 2. The van der Waals surface area contributed by atoms with Crippen LogP contribution in [0.15, 0.2) is 78.2 Å². The highest BCUT2D eigenvalue weighted by atomic mass is 32.2. The van der Waals surface area contributed by atoms with E-state index in [1.54, 1.807) is 36.9 Å². The molecular formula is C31H30F2N6S3. The maximum Gasteiger partial charge on any atom is 0.177 e. The normalized spacial score (nSPS) is 10.5. The van der Waals surface area contributed by atoms with Crippen molar-refractivity contribution in [1.29, 1.82) is 5.26 Å². The highest BCUT2D eigenvalue weighted by Crippen LogP contribution is 2.38. The Morgan fingerprint density at radius 2 is 1.40 bits per heavy atom. The summed E-state index contributed by atoms with van der Waals surface area (Å²) in [5, 5.41) is 17.1. The van der Waals surface area contributed by atoms with E-state index in [0.717, 1.165) is 44.5 Å². The van der Waals surface area contributed by atoms with Gasteiger partial charge in [-0.1, -0.05) is 39.8 Å². The average molecular weight is 621 g/mol. The summed E-state index contributed by atoms with van der Waals surface area (Å²) in [6.45, 7) is 7.94. The number of halogens is 2. The molecular weight excluding hydrogens is 591 g/mol. The van der Waals surface area contributed by atoms with Gasteiger partial charge in [0.05, 0.1) is 5.69 Å². The zero-order valence-electron chi connectivity index (χ0n) is 23.5. The van der Waals surface area contributed by atoms with E-state index in [0.29, 0.717) is 11.3 Å². The molecule has 0 fully saturated rings. The van der Waals surface area contributed by atoms with E-state index in [-0.39, 0.29) is 33.7 Å². The minimum absolute atomic E-state index is 0.0682. The van der Waals surface area contributed by atoms with E-state index in [9.17, 15) is 8.78 Å². The fourth-order valence-electron chi connectivity index (χ4n) is 4.17. The van der Waals surface area contributed by atoms with Gasteiger partial charge in [0.1, 0.15) is 17.0 Å². The van der Waals surface area contributed by atoms with Gasteiger partial charge in [-0.05, 0) is 95.6 Å². The van der Waals surface area contributed by atoms with Gasteiger partial charge < -0.3 is 16.4 Å². The highest BCUT2D eigenvalue weighted by molar-refractivity contribution is 8.03. The molecule has 0 atom stereocenters. The predicted octanol–water partition coefficient (Wildman–Crippen LogP) is 8.13. The lowest BCUT2D eigenvalue weighted by Crippen LogP contribution is -2.38. The average Bonchev–Trinajstić information content (AvgIpc) is 2.95. The number of pyridine rings is 2. The number of nitrogens with one attached hydrogen (secondary N) is 2. The molecule has 0 aliphatic heterocycles. The maximum atomic E-state index is 14.1. The van der Waals surface area contributed by atoms with Gasteiger partial charge >= 0.3 is 0 Å². The monoisotopic (exact) mass is 620 g/mol. The molecule has 2 aromatic heterocycles. The van der Waals surface area contributed by atoms with Crippen molar-refractivity contribution in [3.8, 4) is 27.7 Å². The summed E-state index contributed by atoms with van der Waals surface area (Å²) in [4.78, 5) is 8.96. The number of hydrogen-bond acceptors (Lipinski definition) is 6. The van der Waals surface area contributed by atoms with Crippen LogP contribution in [-0.2, 0) is 0 Å². The Kier molecular flexibility index (Phi) is 11.9. The molecule has 0 unspecified atom stereocenters. The van der Waals surface area contributed by atoms with Crippen molar-refractivity contribution in [2.75, 3.05) is 5.32 Å². The van der Waals surface area contributed by atoms with Crippen LogP contribution in [0.1, 0.15) is 50.7 Å². The fraction of sp³-hybridized carbons (Fsp3) is 0.194. The quantitative estimate of drug-likeness (QED) is 0.112. The van der Waals surface area contributed by atoms with Crippen molar-refractivity contribution < 1.29 is 8.78 Å². The minimum Gasteiger partial charge on any atom is -0.376 e. The standard InChI is InChI=1S/C16H17FN4S2.C15H13FN2S/c1-9(2)12-6-11(17)7-13(10-4-3-5-19-8-10)14(12)20-16(23)21-15(18)22;1-10(2)13-6-12(16)7-14(15(13)19-9-17)11-4-3-5-18-8-11/h3-9H,1-2H3,(H4,18,20,21,22,23);3-8,10H,1-2H3. The van der Waals surface area contributed by atoms with Crippen molar-refractivity contribution in [3.63, 3.8) is 0 Å². The van der Waals surface area contributed by atoms with Crippen molar-refractivity contribution in [3.05, 3.63) is 96.1 Å². The van der Waals surface area contributed by atoms with Gasteiger partial charge in [-0.2, -0.15) is 5.26 Å². The number of thiocarbonyl (C=S) groups is 2. The first kappa shape index (κ1) is 32.5. The largest absolute Gasteiger partial charge is 0.376 e. The highest BCUT2D eigenvalue weighted by Gasteiger charge is 2.17. The lowest BCUT2D eigenvalue weighted by atomic mass is 9.94. The van der Waals surface area contributed by atoms with Gasteiger partial charge in [-0.25, -0.2) is 8.78 Å². The van der Waals surface area contributed by atoms with Gasteiger partial charge in [0.2, 0.25) is 0 Å². The number of nitrogens with two attached hydrogens (primary N) is 1. The number of aromatic nitrogens is 2. The molecule has 0 saturated carbocycles. The molecule has 11 heteroatoms. The second-order valence-electron chi connectivity index (χ2n) is 9.72. The molecule has 4 aromatic rings. The second-order valence-corrected chi connectivity index (χ2v) is 11.4. The molecule has 0 bridgehead atoms. The first-order chi connectivity index (χ1) is 20.0. The van der Waals surface area contributed by atoms with Gasteiger partial charge in [0.15, 0.2) is 10.2 Å². The molecule has 6 nitrogen and oxygen atoms in total. The first-order valence-electron chi connectivity index (χ1n) is 12.9. The number of nitriles is 1. The van der Waals surface area contributed by atoms with Gasteiger partial charge in [0, 0.05) is 51.9 Å². The molecule has 0 aliphatic rings. The molecule has 4 N–H and O–H groups in total. The molecule has 42 heavy (non-hydrogen) atoms. The van der Waals surface area contributed by atoms with Gasteiger partial charge in [-0.15, -0.1) is 0 Å². The summed E-state index contributed by atoms with van der Waals surface area (Å²) in [5.41, 5.74) is 10.8. The van der Waals surface area contributed by atoms with Crippen molar-refractivity contribution in [2.24, 2.45) is 5.73 Å². The Morgan fingerprint density at radius 1 is 0.881 bits per heavy atom. The van der Waals surface area contributed by atoms with Crippen LogP contribution < -0.4 is 16.4 Å². The SMILES string of the molecule is CC(C)c1cc(F)cc(-c2cccnc2)c1NC(=S)NC(N)=S.CC(C)c1cc(F)cc(-c2cccnc2)c1SC#N. The van der Waals surface area contributed by atoms with E-state index >= 15 is 0 Å². The summed E-state index contributed by atoms with van der Waals surface area (Å²) in [7, 11) is 0. The number of nitrogens with zero attached hydrogens (tertiary/aromatic N) is 3. The summed E-state index contributed by atoms with van der Waals surface area (Å²) in [6, 6.07) is 13.2. The van der Waals surface area contributed by atoms with Crippen molar-refractivity contribution in [2.45, 2.75) is 44.4 Å². The molecule has 0 radical (unpaired) electrons. The number of anilines is 1. The third-order valence-corrected chi connectivity index (χ3v) is 7.09. The molecule has 0 aliphatic carbocycles. The number of thioether (sulfide) groups is 1. The Morgan fingerprint density at radius 3 is 1.88 bits per heavy atom. The molecule has 2 aromatic carbocycles.